The zero-order valence-electron chi connectivity index (χ0n) is 13.7. The summed E-state index contributed by atoms with van der Waals surface area (Å²) in [6, 6.07) is 2.24. The fourth-order valence-electron chi connectivity index (χ4n) is 3.84. The molecule has 6 nitrogen and oxygen atoms in total. The Bertz CT molecular complexity index is 725. The van der Waals surface area contributed by atoms with E-state index in [1.165, 1.54) is 0 Å². The predicted octanol–water partition coefficient (Wildman–Crippen LogP) is 1.86. The van der Waals surface area contributed by atoms with Crippen LogP contribution in [-0.2, 0) is 4.79 Å². The summed E-state index contributed by atoms with van der Waals surface area (Å²) in [6.07, 6.45) is 5.57. The van der Waals surface area contributed by atoms with Crippen molar-refractivity contribution in [3.63, 3.8) is 0 Å². The molecular weight excluding hydrogens is 322 g/mol. The van der Waals surface area contributed by atoms with Crippen molar-refractivity contribution in [3.05, 3.63) is 17.8 Å². The summed E-state index contributed by atoms with van der Waals surface area (Å²) >= 11 is 1.68. The maximum atomic E-state index is 12.5. The molecule has 1 aliphatic carbocycles. The molecule has 128 valence electrons. The van der Waals surface area contributed by atoms with Crippen LogP contribution in [0.4, 0.5) is 5.82 Å². The van der Waals surface area contributed by atoms with Crippen LogP contribution in [0.25, 0.3) is 10.2 Å². The zero-order chi connectivity index (χ0) is 16.5. The van der Waals surface area contributed by atoms with E-state index in [2.05, 4.69) is 14.9 Å². The minimum Gasteiger partial charge on any atom is -0.352 e. The van der Waals surface area contributed by atoms with Crippen molar-refractivity contribution in [2.45, 2.75) is 31.7 Å². The quantitative estimate of drug-likeness (QED) is 0.919. The smallest absolute Gasteiger partial charge is 0.223 e. The van der Waals surface area contributed by atoms with Crippen LogP contribution in [0.15, 0.2) is 17.8 Å². The molecule has 0 unspecified atom stereocenters. The van der Waals surface area contributed by atoms with Gasteiger partial charge in [-0.2, -0.15) is 0 Å². The molecule has 1 saturated carbocycles. The van der Waals surface area contributed by atoms with Gasteiger partial charge in [-0.3, -0.25) is 4.79 Å². The number of hydrogen-bond donors (Lipinski definition) is 1. The normalized spacial score (nSPS) is 24.7. The van der Waals surface area contributed by atoms with Gasteiger partial charge in [0, 0.05) is 38.6 Å². The maximum absolute atomic E-state index is 12.5. The number of thiophene rings is 1. The van der Waals surface area contributed by atoms with Crippen molar-refractivity contribution in [1.82, 2.24) is 14.9 Å². The fraction of sp³-hybridized carbons (Fsp3) is 0.588. The summed E-state index contributed by atoms with van der Waals surface area (Å²) in [5.41, 5.74) is 7.10. The molecule has 2 N–H and O–H groups in total. The van der Waals surface area contributed by atoms with E-state index in [4.69, 9.17) is 5.73 Å². The Morgan fingerprint density at radius 2 is 2.08 bits per heavy atom. The SMILES string of the molecule is N[C@@H]1CCC[C@H]1CC(=O)N1CCN(c2ncnc3ccsc23)CC1. The number of anilines is 1. The number of nitrogens with zero attached hydrogens (tertiary/aromatic N) is 4. The highest BCUT2D eigenvalue weighted by Gasteiger charge is 2.29. The summed E-state index contributed by atoms with van der Waals surface area (Å²) in [5, 5.41) is 2.05. The molecule has 1 amide bonds. The summed E-state index contributed by atoms with van der Waals surface area (Å²) < 4.78 is 1.13. The van der Waals surface area contributed by atoms with E-state index in [1.807, 2.05) is 16.3 Å². The molecular formula is C17H23N5OS. The summed E-state index contributed by atoms with van der Waals surface area (Å²) in [5.74, 6) is 1.64. The average molecular weight is 345 g/mol. The molecule has 2 fully saturated rings. The van der Waals surface area contributed by atoms with Crippen molar-refractivity contribution < 1.29 is 4.79 Å². The lowest BCUT2D eigenvalue weighted by Gasteiger charge is -2.36. The topological polar surface area (TPSA) is 75.4 Å². The third kappa shape index (κ3) is 2.98. The molecule has 2 aromatic rings. The lowest BCUT2D eigenvalue weighted by atomic mass is 9.99. The van der Waals surface area contributed by atoms with Crippen LogP contribution in [0.3, 0.4) is 0 Å². The zero-order valence-corrected chi connectivity index (χ0v) is 14.5. The van der Waals surface area contributed by atoms with E-state index < -0.39 is 0 Å². The van der Waals surface area contributed by atoms with Gasteiger partial charge in [-0.25, -0.2) is 9.97 Å². The number of fused-ring (bicyclic) bond motifs is 1. The standard InChI is InChI=1S/C17H23N5OS/c18-13-3-1-2-12(13)10-15(23)21-5-7-22(8-6-21)17-16-14(4-9-24-16)19-11-20-17/h4,9,11-13H,1-3,5-8,10,18H2/t12-,13+/m0/s1. The number of carbonyl (C=O) groups is 1. The van der Waals surface area contributed by atoms with Crippen LogP contribution in [0.2, 0.25) is 0 Å². The number of hydrogen-bond acceptors (Lipinski definition) is 6. The Morgan fingerprint density at radius 3 is 2.83 bits per heavy atom. The maximum Gasteiger partial charge on any atom is 0.223 e. The van der Waals surface area contributed by atoms with E-state index >= 15 is 0 Å². The van der Waals surface area contributed by atoms with Crippen LogP contribution in [-0.4, -0.2) is 53.0 Å². The minimum absolute atomic E-state index is 0.211. The second kappa shape index (κ2) is 6.64. The molecule has 7 heteroatoms. The molecule has 1 aliphatic heterocycles. The molecule has 4 rings (SSSR count). The average Bonchev–Trinajstić information content (AvgIpc) is 3.24. The molecule has 1 saturated heterocycles. The first-order chi connectivity index (χ1) is 11.7. The molecule has 24 heavy (non-hydrogen) atoms. The molecule has 3 heterocycles. The summed E-state index contributed by atoms with van der Waals surface area (Å²) in [7, 11) is 0. The highest BCUT2D eigenvalue weighted by atomic mass is 32.1. The first-order valence-electron chi connectivity index (χ1n) is 8.69. The van der Waals surface area contributed by atoms with Gasteiger partial charge >= 0.3 is 0 Å². The fourth-order valence-corrected chi connectivity index (χ4v) is 4.70. The van der Waals surface area contributed by atoms with Crippen LogP contribution < -0.4 is 10.6 Å². The van der Waals surface area contributed by atoms with Crippen molar-refractivity contribution in [1.29, 1.82) is 0 Å². The Labute approximate surface area is 145 Å². The lowest BCUT2D eigenvalue weighted by molar-refractivity contribution is -0.132. The van der Waals surface area contributed by atoms with Gasteiger partial charge in [0.25, 0.3) is 0 Å². The van der Waals surface area contributed by atoms with Crippen molar-refractivity contribution >= 4 is 33.3 Å². The number of carbonyl (C=O) groups excluding carboxylic acids is 1. The molecule has 2 atom stereocenters. The summed E-state index contributed by atoms with van der Waals surface area (Å²) in [6.45, 7) is 3.17. The van der Waals surface area contributed by atoms with E-state index in [0.29, 0.717) is 12.3 Å². The van der Waals surface area contributed by atoms with Gasteiger partial charge in [0.15, 0.2) is 0 Å². The number of nitrogens with two attached hydrogens (primary N) is 1. The van der Waals surface area contributed by atoms with E-state index in [9.17, 15) is 4.79 Å². The first kappa shape index (κ1) is 15.8. The molecule has 0 aromatic carbocycles. The molecule has 0 spiro atoms. The van der Waals surface area contributed by atoms with Crippen molar-refractivity contribution in [2.75, 3.05) is 31.1 Å². The lowest BCUT2D eigenvalue weighted by Crippen LogP contribution is -2.49. The van der Waals surface area contributed by atoms with E-state index in [0.717, 1.165) is 61.5 Å². The van der Waals surface area contributed by atoms with E-state index in [-0.39, 0.29) is 11.9 Å². The number of amides is 1. The van der Waals surface area contributed by atoms with Crippen LogP contribution in [0.1, 0.15) is 25.7 Å². The highest BCUT2D eigenvalue weighted by molar-refractivity contribution is 7.17. The van der Waals surface area contributed by atoms with Gasteiger partial charge in [-0.1, -0.05) is 6.42 Å². The van der Waals surface area contributed by atoms with Crippen LogP contribution in [0.5, 0.6) is 0 Å². The molecule has 0 radical (unpaired) electrons. The van der Waals surface area contributed by atoms with Gasteiger partial charge in [-0.05, 0) is 30.2 Å². The Hall–Kier alpha value is -1.73. The van der Waals surface area contributed by atoms with Crippen molar-refractivity contribution in [2.24, 2.45) is 11.7 Å². The van der Waals surface area contributed by atoms with Gasteiger partial charge in [-0.15, -0.1) is 11.3 Å². The Balaban J connectivity index is 1.38. The third-order valence-corrected chi connectivity index (χ3v) is 6.21. The number of aromatic nitrogens is 2. The van der Waals surface area contributed by atoms with Crippen LogP contribution in [0, 0.1) is 5.92 Å². The first-order valence-corrected chi connectivity index (χ1v) is 9.57. The monoisotopic (exact) mass is 345 g/mol. The van der Waals surface area contributed by atoms with Gasteiger partial charge in [0.1, 0.15) is 12.1 Å². The Kier molecular flexibility index (Phi) is 4.37. The highest BCUT2D eigenvalue weighted by Crippen LogP contribution is 2.30. The predicted molar refractivity (Wildman–Crippen MR) is 96.1 cm³/mol. The second-order valence-corrected chi connectivity index (χ2v) is 7.68. The van der Waals surface area contributed by atoms with E-state index in [1.54, 1.807) is 17.7 Å². The molecule has 2 aromatic heterocycles. The summed E-state index contributed by atoms with van der Waals surface area (Å²) in [4.78, 5) is 25.6. The number of rotatable bonds is 3. The molecule has 0 bridgehead atoms. The Morgan fingerprint density at radius 1 is 1.25 bits per heavy atom. The minimum atomic E-state index is 0.211. The van der Waals surface area contributed by atoms with Crippen molar-refractivity contribution in [3.8, 4) is 0 Å². The molecule has 2 aliphatic rings. The second-order valence-electron chi connectivity index (χ2n) is 6.76. The number of piperazine rings is 1. The van der Waals surface area contributed by atoms with Gasteiger partial charge in [0.2, 0.25) is 5.91 Å². The largest absolute Gasteiger partial charge is 0.352 e. The van der Waals surface area contributed by atoms with Gasteiger partial charge < -0.3 is 15.5 Å². The van der Waals surface area contributed by atoms with Gasteiger partial charge in [0.05, 0.1) is 10.2 Å². The van der Waals surface area contributed by atoms with Crippen LogP contribution >= 0.6 is 11.3 Å². The third-order valence-electron chi connectivity index (χ3n) is 5.31.